The molecule has 1 fully saturated rings. The van der Waals surface area contributed by atoms with Crippen LogP contribution in [0.2, 0.25) is 0 Å². The molecule has 1 saturated heterocycles. The van der Waals surface area contributed by atoms with Crippen LogP contribution in [0.15, 0.2) is 6.33 Å². The molecule has 126 valence electrons. The maximum Gasteiger partial charge on any atom is 0.312 e. The van der Waals surface area contributed by atoms with Gasteiger partial charge in [-0.1, -0.05) is 5.92 Å². The average Bonchev–Trinajstić information content (AvgIpc) is 3.07. The Morgan fingerprint density at radius 3 is 3.12 bits per heavy atom. The molecule has 1 unspecified atom stereocenters. The number of aliphatic hydroxyl groups is 1. The molecule has 2 aromatic rings. The van der Waals surface area contributed by atoms with Crippen molar-refractivity contribution in [2.45, 2.75) is 24.7 Å². The minimum Gasteiger partial charge on any atom is -0.462 e. The second kappa shape index (κ2) is 5.70. The fraction of sp³-hybridized carbons (Fsp3) is 0.429. The highest BCUT2D eigenvalue weighted by Gasteiger charge is 2.50. The number of esters is 1. The van der Waals surface area contributed by atoms with E-state index in [0.29, 0.717) is 0 Å². The Labute approximate surface area is 135 Å². The van der Waals surface area contributed by atoms with Gasteiger partial charge in [-0.3, -0.25) is 4.79 Å². The van der Waals surface area contributed by atoms with Crippen LogP contribution in [0.5, 0.6) is 0 Å². The summed E-state index contributed by atoms with van der Waals surface area (Å²) in [6.07, 6.45) is 4.55. The van der Waals surface area contributed by atoms with Crippen LogP contribution >= 0.6 is 0 Å². The fourth-order valence-electron chi connectivity index (χ4n) is 2.61. The zero-order valence-electron chi connectivity index (χ0n) is 12.6. The lowest BCUT2D eigenvalue weighted by Crippen LogP contribution is -2.45. The van der Waals surface area contributed by atoms with E-state index in [0.717, 1.165) is 0 Å². The monoisotopic (exact) mass is 335 g/mol. The van der Waals surface area contributed by atoms with Crippen molar-refractivity contribution >= 4 is 23.0 Å². The van der Waals surface area contributed by atoms with Crippen LogP contribution in [0.4, 0.5) is 10.2 Å². The molecule has 0 bridgehead atoms. The molecule has 0 radical (unpaired) electrons. The number of imidazole rings is 1. The van der Waals surface area contributed by atoms with Crippen molar-refractivity contribution < 1.29 is 23.8 Å². The zero-order chi connectivity index (χ0) is 17.5. The largest absolute Gasteiger partial charge is 0.462 e. The first kappa shape index (κ1) is 16.1. The summed E-state index contributed by atoms with van der Waals surface area (Å²) in [5.41, 5.74) is 4.40. The van der Waals surface area contributed by atoms with Crippen molar-refractivity contribution in [3.05, 3.63) is 12.4 Å². The molecule has 9 nitrogen and oxygen atoms in total. The van der Waals surface area contributed by atoms with E-state index in [9.17, 15) is 14.3 Å². The van der Waals surface area contributed by atoms with Crippen molar-refractivity contribution in [1.29, 1.82) is 0 Å². The molecule has 3 atom stereocenters. The first-order chi connectivity index (χ1) is 11.4. The van der Waals surface area contributed by atoms with Gasteiger partial charge >= 0.3 is 12.0 Å². The Balaban J connectivity index is 1.97. The number of ether oxygens (including phenoxy) is 2. The number of terminal acetylenes is 1. The van der Waals surface area contributed by atoms with Crippen LogP contribution in [-0.2, 0) is 14.3 Å². The number of rotatable bonds is 3. The molecule has 0 aliphatic carbocycles. The van der Waals surface area contributed by atoms with Crippen LogP contribution in [0.1, 0.15) is 13.0 Å². The minimum atomic E-state index is -1.51. The molecule has 1 aliphatic rings. The third-order valence-electron chi connectivity index (χ3n) is 3.87. The quantitative estimate of drug-likeness (QED) is 0.433. The summed E-state index contributed by atoms with van der Waals surface area (Å²) in [4.78, 5) is 22.1. The number of nitrogen functional groups attached to an aromatic ring is 1. The van der Waals surface area contributed by atoms with E-state index < -0.39 is 29.8 Å². The number of nitrogens with two attached hydrogens (primary N) is 1. The summed E-state index contributed by atoms with van der Waals surface area (Å²) >= 11 is 0. The molecule has 2 aromatic heterocycles. The van der Waals surface area contributed by atoms with Gasteiger partial charge in [0.1, 0.15) is 18.2 Å². The molecule has 3 heterocycles. The number of fused-ring (bicyclic) bond motifs is 1. The second-order valence-corrected chi connectivity index (χ2v) is 5.34. The average molecular weight is 335 g/mol. The molecular formula is C14H14FN5O4. The smallest absolute Gasteiger partial charge is 0.312 e. The zero-order valence-corrected chi connectivity index (χ0v) is 12.6. The maximum atomic E-state index is 13.4. The van der Waals surface area contributed by atoms with Crippen molar-refractivity contribution in [3.63, 3.8) is 0 Å². The number of aromatic nitrogens is 4. The predicted molar refractivity (Wildman–Crippen MR) is 78.9 cm³/mol. The molecule has 10 heteroatoms. The summed E-state index contributed by atoms with van der Waals surface area (Å²) in [7, 11) is 0. The number of hydrogen-bond donors (Lipinski definition) is 2. The van der Waals surface area contributed by atoms with Gasteiger partial charge in [0.25, 0.3) is 0 Å². The molecule has 0 aromatic carbocycles. The fourth-order valence-corrected chi connectivity index (χ4v) is 2.61. The van der Waals surface area contributed by atoms with Crippen LogP contribution in [0.25, 0.3) is 11.2 Å². The van der Waals surface area contributed by atoms with E-state index in [2.05, 4.69) is 20.9 Å². The lowest BCUT2D eigenvalue weighted by Gasteiger charge is -2.26. The third kappa shape index (κ3) is 2.44. The molecule has 24 heavy (non-hydrogen) atoms. The number of aliphatic hydroxyl groups excluding tert-OH is 1. The highest BCUT2D eigenvalue weighted by atomic mass is 19.1. The summed E-state index contributed by atoms with van der Waals surface area (Å²) < 4.78 is 25.3. The second-order valence-electron chi connectivity index (χ2n) is 5.34. The molecule has 0 spiro atoms. The maximum absolute atomic E-state index is 13.4. The summed E-state index contributed by atoms with van der Waals surface area (Å²) in [5, 5.41) is 10.6. The Morgan fingerprint density at radius 1 is 1.71 bits per heavy atom. The van der Waals surface area contributed by atoms with Gasteiger partial charge in [-0.05, 0) is 0 Å². The van der Waals surface area contributed by atoms with Gasteiger partial charge < -0.3 is 24.9 Å². The summed E-state index contributed by atoms with van der Waals surface area (Å²) in [6.45, 7) is 0.896. The van der Waals surface area contributed by atoms with Gasteiger partial charge in [-0.25, -0.2) is 4.98 Å². The number of carbonyl (C=O) groups is 1. The predicted octanol–water partition coefficient (Wildman–Crippen LogP) is -0.585. The van der Waals surface area contributed by atoms with E-state index in [1.807, 2.05) is 0 Å². The highest BCUT2D eigenvalue weighted by molar-refractivity contribution is 5.81. The number of carbonyl (C=O) groups excluding carboxylic acids is 1. The lowest BCUT2D eigenvalue weighted by molar-refractivity contribution is -0.149. The number of halogens is 1. The van der Waals surface area contributed by atoms with Crippen molar-refractivity contribution in [2.75, 3.05) is 18.9 Å². The minimum absolute atomic E-state index is 0.0103. The Hall–Kier alpha value is -2.77. The van der Waals surface area contributed by atoms with Gasteiger partial charge in [0, 0.05) is 6.92 Å². The molecule has 3 N–H and O–H groups in total. The molecule has 3 rings (SSSR count). The molecule has 0 saturated carbocycles. The number of nitrogens with zero attached hydrogens (tertiary/aromatic N) is 4. The van der Waals surface area contributed by atoms with Crippen LogP contribution in [0, 0.1) is 18.4 Å². The Morgan fingerprint density at radius 2 is 2.46 bits per heavy atom. The van der Waals surface area contributed by atoms with Gasteiger partial charge in [0.05, 0.1) is 19.0 Å². The van der Waals surface area contributed by atoms with Crippen LogP contribution in [-0.4, -0.2) is 55.5 Å². The Kier molecular flexibility index (Phi) is 3.82. The standard InChI is InChI=1S/C14H14FN5O4/c1-3-14(5-23-7(2)21)10(22)8(4-24-14)20-6-17-9-11(16)18-13(15)19-12(9)20/h1,6,8,10,22H,4-5H2,2H3,(H2,16,18,19)/t8?,10-,14+/m0/s1. The van der Waals surface area contributed by atoms with Gasteiger partial charge in [0.15, 0.2) is 17.1 Å². The SMILES string of the molecule is C#C[C@]1(COC(C)=O)OCC(n2cnc3c(N)nc(F)nc32)[C@@H]1O. The molecule has 1 aliphatic heterocycles. The van der Waals surface area contributed by atoms with Gasteiger partial charge in [-0.15, -0.1) is 6.42 Å². The van der Waals surface area contributed by atoms with E-state index in [4.69, 9.17) is 21.6 Å². The topological polar surface area (TPSA) is 125 Å². The van der Waals surface area contributed by atoms with Crippen molar-refractivity contribution in [3.8, 4) is 12.3 Å². The number of hydrogen-bond acceptors (Lipinski definition) is 8. The van der Waals surface area contributed by atoms with E-state index >= 15 is 0 Å². The van der Waals surface area contributed by atoms with Gasteiger partial charge in [-0.2, -0.15) is 14.4 Å². The normalized spacial score (nSPS) is 26.4. The highest BCUT2D eigenvalue weighted by Crippen LogP contribution is 2.35. The summed E-state index contributed by atoms with van der Waals surface area (Å²) in [5.74, 6) is 1.66. The molecular weight excluding hydrogens is 321 g/mol. The first-order valence-corrected chi connectivity index (χ1v) is 6.96. The summed E-state index contributed by atoms with van der Waals surface area (Å²) in [6, 6.07) is -0.713. The van der Waals surface area contributed by atoms with Crippen molar-refractivity contribution in [1.82, 2.24) is 19.5 Å². The van der Waals surface area contributed by atoms with E-state index in [1.54, 1.807) is 0 Å². The number of anilines is 1. The van der Waals surface area contributed by atoms with Crippen LogP contribution < -0.4 is 5.73 Å². The van der Waals surface area contributed by atoms with Crippen LogP contribution in [0.3, 0.4) is 0 Å². The van der Waals surface area contributed by atoms with Crippen molar-refractivity contribution in [2.24, 2.45) is 0 Å². The third-order valence-corrected chi connectivity index (χ3v) is 3.87. The Bertz CT molecular complexity index is 848. The lowest BCUT2D eigenvalue weighted by atomic mass is 9.96. The first-order valence-electron chi connectivity index (χ1n) is 6.96. The molecule has 0 amide bonds. The van der Waals surface area contributed by atoms with E-state index in [-0.39, 0.29) is 30.2 Å². The van der Waals surface area contributed by atoms with Gasteiger partial charge in [0.2, 0.25) is 0 Å². The van der Waals surface area contributed by atoms with E-state index in [1.165, 1.54) is 17.8 Å².